The minimum absolute atomic E-state index is 0.167. The predicted molar refractivity (Wildman–Crippen MR) is 53.5 cm³/mol. The van der Waals surface area contributed by atoms with Crippen molar-refractivity contribution in [1.82, 2.24) is 9.55 Å². The van der Waals surface area contributed by atoms with Gasteiger partial charge in [-0.15, -0.1) is 0 Å². The van der Waals surface area contributed by atoms with E-state index in [4.69, 9.17) is 0 Å². The van der Waals surface area contributed by atoms with Crippen molar-refractivity contribution in [3.8, 4) is 5.81 Å². The third-order valence-electron chi connectivity index (χ3n) is 1.73. The number of H-pyrrole nitrogens is 1. The molecule has 7 heteroatoms. The van der Waals surface area contributed by atoms with Crippen LogP contribution in [0.5, 0.6) is 0 Å². The Kier molecular flexibility index (Phi) is 4.31. The summed E-state index contributed by atoms with van der Waals surface area (Å²) < 4.78 is 15.9. The van der Waals surface area contributed by atoms with Crippen molar-refractivity contribution in [3.63, 3.8) is 0 Å². The topological polar surface area (TPSA) is 81.2 Å². The molecule has 1 heterocycles. The predicted octanol–water partition coefficient (Wildman–Crippen LogP) is 0.0700. The first-order valence-electron chi connectivity index (χ1n) is 4.14. The molecule has 80 valence electrons. The van der Waals surface area contributed by atoms with Crippen molar-refractivity contribution in [2.75, 3.05) is 6.61 Å². The molecule has 0 radical (unpaired) electrons. The fourth-order valence-corrected chi connectivity index (χ4v) is 1.14. The normalized spacial score (nSPS) is 9.67. The van der Waals surface area contributed by atoms with Gasteiger partial charge in [-0.3, -0.25) is 0 Å². The third kappa shape index (κ3) is 3.36. The van der Waals surface area contributed by atoms with Crippen LogP contribution in [0.25, 0.3) is 0 Å². The maximum absolute atomic E-state index is 11.2. The van der Waals surface area contributed by atoms with Gasteiger partial charge in [0.1, 0.15) is 0 Å². The van der Waals surface area contributed by atoms with Gasteiger partial charge in [-0.05, 0) is 0 Å². The van der Waals surface area contributed by atoms with Crippen molar-refractivity contribution in [2.45, 2.75) is 13.5 Å². The van der Waals surface area contributed by atoms with E-state index in [0.29, 0.717) is 5.56 Å². The van der Waals surface area contributed by atoms with E-state index in [0.717, 1.165) is 0 Å². The second-order valence-electron chi connectivity index (χ2n) is 2.80. The van der Waals surface area contributed by atoms with Crippen LogP contribution in [0.1, 0.15) is 5.56 Å². The van der Waals surface area contributed by atoms with E-state index in [-0.39, 0.29) is 21.1 Å². The Bertz CT molecular complexity index is 554. The van der Waals surface area contributed by atoms with Crippen LogP contribution < -0.4 is 11.2 Å². The second kappa shape index (κ2) is 5.51. The number of aromatic nitrogens is 2. The number of hydrogen-bond acceptors (Lipinski definition) is 4. The summed E-state index contributed by atoms with van der Waals surface area (Å²) in [5.74, 6) is 2.09. The van der Waals surface area contributed by atoms with Crippen LogP contribution in [0.2, 0.25) is 0 Å². The van der Waals surface area contributed by atoms with Gasteiger partial charge in [-0.2, -0.15) is 0 Å². The number of ether oxygens (including phenoxy) is 1. The molecule has 0 unspecified atom stereocenters. The SMILES string of the molecule is Cc1cn(CCOC#P=O)c(=O)[nH]c1=O. The number of aromatic amines is 1. The van der Waals surface area contributed by atoms with E-state index < -0.39 is 11.2 Å². The van der Waals surface area contributed by atoms with Crippen molar-refractivity contribution >= 4 is 7.92 Å². The number of hydrogen-bond donors (Lipinski definition) is 1. The summed E-state index contributed by atoms with van der Waals surface area (Å²) in [7, 11) is -0.335. The van der Waals surface area contributed by atoms with Gasteiger partial charge in [0.2, 0.25) is 0 Å². The van der Waals surface area contributed by atoms with Crippen LogP contribution in [0.4, 0.5) is 0 Å². The Balaban J connectivity index is 2.80. The monoisotopic (exact) mass is 228 g/mol. The van der Waals surface area contributed by atoms with Gasteiger partial charge < -0.3 is 0 Å². The zero-order valence-electron chi connectivity index (χ0n) is 8.02. The summed E-state index contributed by atoms with van der Waals surface area (Å²) in [6.45, 7) is 2.03. The van der Waals surface area contributed by atoms with Crippen LogP contribution in [0.15, 0.2) is 15.8 Å². The average Bonchev–Trinajstić information content (AvgIpc) is 2.20. The summed E-state index contributed by atoms with van der Waals surface area (Å²) in [5, 5.41) is 0. The molecule has 1 rings (SSSR count). The fraction of sp³-hybridized carbons (Fsp3) is 0.375. The molecule has 0 saturated carbocycles. The van der Waals surface area contributed by atoms with Gasteiger partial charge in [0.05, 0.1) is 0 Å². The molecular weight excluding hydrogens is 219 g/mol. The standard InChI is InChI=1S/C8H9N2O4P/c1-6-4-10(2-3-14-5-15-13)8(12)9-7(6)11/h4H,2-3H2,1H3,(H,9,11,12). The van der Waals surface area contributed by atoms with Crippen molar-refractivity contribution in [2.24, 2.45) is 0 Å². The van der Waals surface area contributed by atoms with E-state index in [1.54, 1.807) is 6.92 Å². The minimum atomic E-state index is -0.492. The van der Waals surface area contributed by atoms with E-state index in [9.17, 15) is 14.2 Å². The van der Waals surface area contributed by atoms with Crippen LogP contribution >= 0.6 is 7.92 Å². The second-order valence-corrected chi connectivity index (χ2v) is 3.16. The van der Waals surface area contributed by atoms with Crippen LogP contribution in [-0.4, -0.2) is 16.2 Å². The molecule has 1 aromatic rings. The summed E-state index contributed by atoms with van der Waals surface area (Å²) in [5.41, 5.74) is -0.438. The molecule has 0 aliphatic heterocycles. The third-order valence-corrected chi connectivity index (χ3v) is 1.93. The quantitative estimate of drug-likeness (QED) is 0.586. The maximum atomic E-state index is 11.2. The summed E-state index contributed by atoms with van der Waals surface area (Å²) in [4.78, 5) is 24.4. The van der Waals surface area contributed by atoms with Gasteiger partial charge in [-0.25, -0.2) is 0 Å². The Morgan fingerprint density at radius 2 is 2.33 bits per heavy atom. The molecule has 0 spiro atoms. The molecule has 15 heavy (non-hydrogen) atoms. The van der Waals surface area contributed by atoms with Crippen LogP contribution in [0.3, 0.4) is 0 Å². The number of nitrogens with one attached hydrogen (secondary N) is 1. The number of aryl methyl sites for hydroxylation is 1. The summed E-state index contributed by atoms with van der Waals surface area (Å²) in [6, 6.07) is 0. The molecule has 6 nitrogen and oxygen atoms in total. The first-order valence-corrected chi connectivity index (χ1v) is 4.96. The Hall–Kier alpha value is -1.35. The molecule has 1 aromatic heterocycles. The molecule has 0 aliphatic carbocycles. The van der Waals surface area contributed by atoms with E-state index in [2.05, 4.69) is 15.5 Å². The Morgan fingerprint density at radius 3 is 3.00 bits per heavy atom. The van der Waals surface area contributed by atoms with E-state index in [1.807, 2.05) is 0 Å². The fourth-order valence-electron chi connectivity index (χ4n) is 1.00. The average molecular weight is 228 g/mol. The molecule has 0 atom stereocenters. The molecule has 0 saturated heterocycles. The van der Waals surface area contributed by atoms with Gasteiger partial charge in [0, 0.05) is 0 Å². The molecule has 0 amide bonds. The molecule has 0 aliphatic rings. The van der Waals surface area contributed by atoms with Crippen LogP contribution in [0, 0.1) is 12.7 Å². The Morgan fingerprint density at radius 1 is 1.60 bits per heavy atom. The van der Waals surface area contributed by atoms with Gasteiger partial charge in [0.25, 0.3) is 0 Å². The van der Waals surface area contributed by atoms with Gasteiger partial charge >= 0.3 is 85.3 Å². The van der Waals surface area contributed by atoms with E-state index >= 15 is 0 Å². The van der Waals surface area contributed by atoms with Crippen molar-refractivity contribution in [1.29, 1.82) is 0 Å². The van der Waals surface area contributed by atoms with Crippen molar-refractivity contribution in [3.05, 3.63) is 32.6 Å². The molecule has 1 N–H and O–H groups in total. The first-order chi connectivity index (χ1) is 7.15. The molecular formula is C8H9N2O4P. The first kappa shape index (κ1) is 11.7. The zero-order chi connectivity index (χ0) is 11.3. The summed E-state index contributed by atoms with van der Waals surface area (Å²) >= 11 is 0. The van der Waals surface area contributed by atoms with Gasteiger partial charge in [-0.1, -0.05) is 0 Å². The number of nitrogens with zero attached hydrogens (tertiary/aromatic N) is 1. The van der Waals surface area contributed by atoms with E-state index in [1.165, 1.54) is 10.8 Å². The zero-order valence-corrected chi connectivity index (χ0v) is 8.91. The van der Waals surface area contributed by atoms with Crippen LogP contribution in [-0.2, 0) is 15.8 Å². The Labute approximate surface area is 86.0 Å². The van der Waals surface area contributed by atoms with Gasteiger partial charge in [0.15, 0.2) is 0 Å². The molecule has 0 aromatic carbocycles. The number of rotatable bonds is 3. The molecule has 0 bridgehead atoms. The summed E-state index contributed by atoms with van der Waals surface area (Å²) in [6.07, 6.45) is 1.44. The molecule has 0 fully saturated rings. The van der Waals surface area contributed by atoms with Crippen molar-refractivity contribution < 1.29 is 9.30 Å².